The summed E-state index contributed by atoms with van der Waals surface area (Å²) >= 11 is 0. The van der Waals surface area contributed by atoms with Crippen LogP contribution in [0.25, 0.3) is 66.4 Å². The molecule has 0 aliphatic rings. The highest BCUT2D eigenvalue weighted by molar-refractivity contribution is 6.06. The molecule has 9 aromatic rings. The van der Waals surface area contributed by atoms with Crippen molar-refractivity contribution in [2.24, 2.45) is 0 Å². The van der Waals surface area contributed by atoms with Crippen LogP contribution in [0.3, 0.4) is 0 Å². The van der Waals surface area contributed by atoms with Gasteiger partial charge in [0.05, 0.1) is 0 Å². The molecule has 0 radical (unpaired) electrons. The lowest BCUT2D eigenvalue weighted by Crippen LogP contribution is -2.09. The van der Waals surface area contributed by atoms with Crippen molar-refractivity contribution in [3.05, 3.63) is 200 Å². The number of furan rings is 1. The summed E-state index contributed by atoms with van der Waals surface area (Å²) in [6, 6.07) is 71.0. The first-order chi connectivity index (χ1) is 24.8. The lowest BCUT2D eigenvalue weighted by atomic mass is 9.93. The molecule has 0 spiro atoms. The van der Waals surface area contributed by atoms with Crippen molar-refractivity contribution in [2.45, 2.75) is 0 Å². The molecule has 1 heterocycles. The predicted molar refractivity (Wildman–Crippen MR) is 210 cm³/mol. The summed E-state index contributed by atoms with van der Waals surface area (Å²) in [7, 11) is 0. The van der Waals surface area contributed by atoms with Crippen LogP contribution in [-0.2, 0) is 0 Å². The number of anilines is 3. The zero-order chi connectivity index (χ0) is 33.3. The van der Waals surface area contributed by atoms with Crippen LogP contribution >= 0.6 is 0 Å². The Morgan fingerprint density at radius 1 is 0.280 bits per heavy atom. The highest BCUT2D eigenvalue weighted by Gasteiger charge is 2.16. The van der Waals surface area contributed by atoms with E-state index in [0.29, 0.717) is 0 Å². The number of hydrogen-bond donors (Lipinski definition) is 0. The molecule has 1 aromatic heterocycles. The number of hydrogen-bond acceptors (Lipinski definition) is 2. The summed E-state index contributed by atoms with van der Waals surface area (Å²) in [4.78, 5) is 2.30. The van der Waals surface area contributed by atoms with Crippen LogP contribution < -0.4 is 4.90 Å². The number of nitrogens with zero attached hydrogens (tertiary/aromatic N) is 1. The van der Waals surface area contributed by atoms with Crippen molar-refractivity contribution < 1.29 is 4.42 Å². The maximum Gasteiger partial charge on any atom is 0.137 e. The second-order valence-electron chi connectivity index (χ2n) is 12.6. The molecule has 2 nitrogen and oxygen atoms in total. The molecular formula is C48H33NO. The fourth-order valence-electron chi connectivity index (χ4n) is 6.98. The van der Waals surface area contributed by atoms with Gasteiger partial charge in [-0.2, -0.15) is 0 Å². The number of para-hydroxylation sites is 1. The average molecular weight is 640 g/mol. The number of benzene rings is 8. The molecule has 2 heteroatoms. The Morgan fingerprint density at radius 3 is 1.28 bits per heavy atom. The molecular weight excluding hydrogens is 607 g/mol. The minimum absolute atomic E-state index is 0.875. The van der Waals surface area contributed by atoms with Gasteiger partial charge >= 0.3 is 0 Å². The Bertz CT molecular complexity index is 2550. The zero-order valence-electron chi connectivity index (χ0n) is 27.4. The summed E-state index contributed by atoms with van der Waals surface area (Å²) in [5, 5.41) is 2.25. The van der Waals surface area contributed by atoms with Crippen LogP contribution in [-0.4, -0.2) is 0 Å². The summed E-state index contributed by atoms with van der Waals surface area (Å²) in [5.74, 6) is 0. The van der Waals surface area contributed by atoms with Crippen molar-refractivity contribution >= 4 is 39.0 Å². The van der Waals surface area contributed by atoms with Crippen LogP contribution in [0.1, 0.15) is 0 Å². The van der Waals surface area contributed by atoms with Crippen LogP contribution in [0.5, 0.6) is 0 Å². The highest BCUT2D eigenvalue weighted by Crippen LogP contribution is 2.40. The molecule has 9 rings (SSSR count). The van der Waals surface area contributed by atoms with E-state index in [9.17, 15) is 0 Å². The van der Waals surface area contributed by atoms with Crippen LogP contribution in [0.15, 0.2) is 205 Å². The smallest absolute Gasteiger partial charge is 0.137 e. The van der Waals surface area contributed by atoms with Gasteiger partial charge in [0.1, 0.15) is 11.2 Å². The molecule has 0 aliphatic carbocycles. The van der Waals surface area contributed by atoms with E-state index in [1.165, 1.54) is 44.5 Å². The maximum absolute atomic E-state index is 6.32. The largest absolute Gasteiger partial charge is 0.456 e. The van der Waals surface area contributed by atoms with Crippen molar-refractivity contribution in [2.75, 3.05) is 4.90 Å². The third-order valence-electron chi connectivity index (χ3n) is 9.52. The van der Waals surface area contributed by atoms with Crippen molar-refractivity contribution in [1.29, 1.82) is 0 Å². The lowest BCUT2D eigenvalue weighted by Gasteiger charge is -2.26. The SMILES string of the molecule is c1ccc(-c2ccc(N(c3ccc(-c4ccc(-c5ccccc5-c5ccccc5)cc4)cc3)c3ccc4c(c3)oc3ccccc34)cc2)cc1. The minimum Gasteiger partial charge on any atom is -0.456 e. The molecule has 0 aliphatic heterocycles. The summed E-state index contributed by atoms with van der Waals surface area (Å²) in [6.45, 7) is 0. The summed E-state index contributed by atoms with van der Waals surface area (Å²) in [5.41, 5.74) is 14.6. The standard InChI is InChI=1S/C48H33NO/c1-3-11-34(12-4-1)36-23-27-40(28-24-36)49(42-31-32-46-45-17-9-10-18-47(45)50-48(46)33-42)41-29-25-37(26-30-41)35-19-21-39(22-20-35)44-16-8-7-15-43(44)38-13-5-2-6-14-38/h1-33H. The van der Waals surface area contributed by atoms with E-state index in [1.807, 2.05) is 12.1 Å². The summed E-state index contributed by atoms with van der Waals surface area (Å²) in [6.07, 6.45) is 0. The van der Waals surface area contributed by atoms with E-state index in [2.05, 4.69) is 193 Å². The Kier molecular flexibility index (Phi) is 7.53. The van der Waals surface area contributed by atoms with Gasteiger partial charge in [-0.05, 0) is 87.0 Å². The molecule has 0 unspecified atom stereocenters. The highest BCUT2D eigenvalue weighted by atomic mass is 16.3. The molecule has 236 valence electrons. The van der Waals surface area contributed by atoms with E-state index in [0.717, 1.165) is 39.0 Å². The van der Waals surface area contributed by atoms with E-state index in [-0.39, 0.29) is 0 Å². The average Bonchev–Trinajstić information content (AvgIpc) is 3.57. The molecule has 50 heavy (non-hydrogen) atoms. The molecule has 0 amide bonds. The first-order valence-corrected chi connectivity index (χ1v) is 17.0. The second kappa shape index (κ2) is 12.8. The Hall–Kier alpha value is -6.64. The topological polar surface area (TPSA) is 16.4 Å². The summed E-state index contributed by atoms with van der Waals surface area (Å²) < 4.78 is 6.32. The second-order valence-corrected chi connectivity index (χ2v) is 12.6. The van der Waals surface area contributed by atoms with Crippen molar-refractivity contribution in [3.63, 3.8) is 0 Å². The van der Waals surface area contributed by atoms with Crippen LogP contribution in [0.2, 0.25) is 0 Å². The molecule has 0 fully saturated rings. The van der Waals surface area contributed by atoms with Crippen LogP contribution in [0, 0.1) is 0 Å². The zero-order valence-corrected chi connectivity index (χ0v) is 27.4. The molecule has 0 saturated carbocycles. The number of fused-ring (bicyclic) bond motifs is 3. The third-order valence-corrected chi connectivity index (χ3v) is 9.52. The molecule has 0 bridgehead atoms. The molecule has 0 atom stereocenters. The van der Waals surface area contributed by atoms with Gasteiger partial charge in [0.2, 0.25) is 0 Å². The van der Waals surface area contributed by atoms with Gasteiger partial charge in [-0.3, -0.25) is 0 Å². The fourth-order valence-corrected chi connectivity index (χ4v) is 6.98. The first kappa shape index (κ1) is 29.5. The normalized spacial score (nSPS) is 11.2. The van der Waals surface area contributed by atoms with Gasteiger partial charge in [-0.15, -0.1) is 0 Å². The van der Waals surface area contributed by atoms with Gasteiger partial charge in [-0.25, -0.2) is 0 Å². The van der Waals surface area contributed by atoms with Crippen molar-refractivity contribution in [3.8, 4) is 44.5 Å². The Morgan fingerprint density at radius 2 is 0.680 bits per heavy atom. The Balaban J connectivity index is 1.07. The third kappa shape index (κ3) is 5.53. The van der Waals surface area contributed by atoms with Gasteiger partial charge in [-0.1, -0.05) is 152 Å². The molecule has 0 saturated heterocycles. The van der Waals surface area contributed by atoms with E-state index in [4.69, 9.17) is 4.42 Å². The van der Waals surface area contributed by atoms with E-state index < -0.39 is 0 Å². The lowest BCUT2D eigenvalue weighted by molar-refractivity contribution is 0.669. The van der Waals surface area contributed by atoms with Gasteiger partial charge in [0, 0.05) is 33.9 Å². The predicted octanol–water partition coefficient (Wildman–Crippen LogP) is 13.7. The van der Waals surface area contributed by atoms with E-state index in [1.54, 1.807) is 0 Å². The quantitative estimate of drug-likeness (QED) is 0.173. The fraction of sp³-hybridized carbons (Fsp3) is 0. The monoisotopic (exact) mass is 639 g/mol. The van der Waals surface area contributed by atoms with Crippen LogP contribution in [0.4, 0.5) is 17.1 Å². The van der Waals surface area contributed by atoms with Gasteiger partial charge in [0.25, 0.3) is 0 Å². The minimum atomic E-state index is 0.875. The van der Waals surface area contributed by atoms with E-state index >= 15 is 0 Å². The maximum atomic E-state index is 6.32. The van der Waals surface area contributed by atoms with Gasteiger partial charge in [0.15, 0.2) is 0 Å². The van der Waals surface area contributed by atoms with Gasteiger partial charge < -0.3 is 9.32 Å². The molecule has 0 N–H and O–H groups in total. The molecule has 8 aromatic carbocycles. The number of rotatable bonds is 7. The first-order valence-electron chi connectivity index (χ1n) is 17.0. The Labute approximate surface area is 292 Å². The van der Waals surface area contributed by atoms with Crippen molar-refractivity contribution in [1.82, 2.24) is 0 Å².